The average Bonchev–Trinajstić information content (AvgIpc) is 3.25. The molecule has 0 aliphatic rings. The van der Waals surface area contributed by atoms with Crippen LogP contribution in [0.1, 0.15) is 33.6 Å². The molecule has 0 atom stereocenters. The lowest BCUT2D eigenvalue weighted by atomic mass is 10.1. The number of aryl methyl sites for hydroxylation is 3. The third-order valence-corrected chi connectivity index (χ3v) is 5.22. The van der Waals surface area contributed by atoms with E-state index in [1.807, 2.05) is 54.1 Å². The number of hydrogen-bond donors (Lipinski definition) is 1. The predicted molar refractivity (Wildman–Crippen MR) is 115 cm³/mol. The van der Waals surface area contributed by atoms with Crippen molar-refractivity contribution in [2.45, 2.75) is 26.7 Å². The summed E-state index contributed by atoms with van der Waals surface area (Å²) in [7, 11) is 0. The summed E-state index contributed by atoms with van der Waals surface area (Å²) >= 11 is 1.60. The zero-order valence-electron chi connectivity index (χ0n) is 16.6. The fourth-order valence-electron chi connectivity index (χ4n) is 2.86. The van der Waals surface area contributed by atoms with Crippen LogP contribution in [0.15, 0.2) is 53.2 Å². The number of nitrogens with zero attached hydrogens (tertiary/aromatic N) is 1. The van der Waals surface area contributed by atoms with Crippen LogP contribution in [0.25, 0.3) is 11.3 Å². The molecule has 0 saturated heterocycles. The van der Waals surface area contributed by atoms with E-state index < -0.39 is 5.97 Å². The monoisotopic (exact) mass is 408 g/mol. The summed E-state index contributed by atoms with van der Waals surface area (Å²) in [6.07, 6.45) is 1.09. The summed E-state index contributed by atoms with van der Waals surface area (Å²) in [5, 5.41) is 6.79. The molecule has 2 heterocycles. The van der Waals surface area contributed by atoms with Crippen LogP contribution in [-0.2, 0) is 16.0 Å². The number of nitrogens with one attached hydrogen (secondary N) is 1. The Kier molecular flexibility index (Phi) is 7.14. The quantitative estimate of drug-likeness (QED) is 0.445. The first kappa shape index (κ1) is 20.7. The number of aromatic nitrogens is 1. The highest BCUT2D eigenvalue weighted by atomic mass is 32.1. The number of pyridine rings is 1. The number of hydrogen-bond acceptors (Lipinski definition) is 5. The molecule has 5 nitrogen and oxygen atoms in total. The minimum atomic E-state index is -0.430. The summed E-state index contributed by atoms with van der Waals surface area (Å²) in [4.78, 5) is 28.7. The highest BCUT2D eigenvalue weighted by Crippen LogP contribution is 2.21. The molecule has 6 heteroatoms. The maximum Gasteiger partial charge on any atom is 0.340 e. The zero-order chi connectivity index (χ0) is 20.6. The van der Waals surface area contributed by atoms with Crippen molar-refractivity contribution in [1.82, 2.24) is 10.3 Å². The summed E-state index contributed by atoms with van der Waals surface area (Å²) in [5.74, 6) is -0.486. The third kappa shape index (κ3) is 5.99. The standard InChI is InChI=1S/C23H24N2O3S/c1-16-3-5-18(6-4-16)7-10-22(26)24-12-13-28-23(27)20-8-9-21(25-17(20)2)19-11-14-29-15-19/h3-6,8-9,11,14-15H,7,10,12-13H2,1-2H3,(H,24,26). The van der Waals surface area contributed by atoms with Gasteiger partial charge in [-0.1, -0.05) is 29.8 Å². The Morgan fingerprint density at radius 1 is 1.07 bits per heavy atom. The zero-order valence-corrected chi connectivity index (χ0v) is 17.4. The molecule has 0 radical (unpaired) electrons. The van der Waals surface area contributed by atoms with Gasteiger partial charge in [0.05, 0.1) is 23.5 Å². The molecular formula is C23H24N2O3S. The smallest absolute Gasteiger partial charge is 0.340 e. The normalized spacial score (nSPS) is 10.6. The lowest BCUT2D eigenvalue weighted by Gasteiger charge is -2.09. The predicted octanol–water partition coefficient (Wildman–Crippen LogP) is 4.33. The van der Waals surface area contributed by atoms with Crippen molar-refractivity contribution in [2.24, 2.45) is 0 Å². The van der Waals surface area contributed by atoms with Gasteiger partial charge in [0, 0.05) is 17.4 Å². The van der Waals surface area contributed by atoms with E-state index >= 15 is 0 Å². The van der Waals surface area contributed by atoms with E-state index in [1.54, 1.807) is 24.3 Å². The van der Waals surface area contributed by atoms with Gasteiger partial charge in [-0.05, 0) is 49.4 Å². The van der Waals surface area contributed by atoms with Crippen molar-refractivity contribution in [3.8, 4) is 11.3 Å². The Labute approximate surface area is 174 Å². The van der Waals surface area contributed by atoms with Crippen LogP contribution in [-0.4, -0.2) is 30.0 Å². The number of ether oxygens (including phenoxy) is 1. The molecule has 0 aliphatic carbocycles. The van der Waals surface area contributed by atoms with Gasteiger partial charge in [-0.15, -0.1) is 0 Å². The van der Waals surface area contributed by atoms with Gasteiger partial charge in [-0.2, -0.15) is 11.3 Å². The van der Waals surface area contributed by atoms with Gasteiger partial charge in [-0.25, -0.2) is 4.79 Å². The lowest BCUT2D eigenvalue weighted by Crippen LogP contribution is -2.28. The van der Waals surface area contributed by atoms with Gasteiger partial charge >= 0.3 is 5.97 Å². The molecule has 1 amide bonds. The third-order valence-electron chi connectivity index (χ3n) is 4.54. The van der Waals surface area contributed by atoms with Gasteiger partial charge in [0.1, 0.15) is 6.61 Å². The first-order valence-electron chi connectivity index (χ1n) is 9.52. The number of benzene rings is 1. The van der Waals surface area contributed by atoms with E-state index in [2.05, 4.69) is 10.3 Å². The highest BCUT2D eigenvalue weighted by molar-refractivity contribution is 7.08. The topological polar surface area (TPSA) is 68.3 Å². The van der Waals surface area contributed by atoms with E-state index in [-0.39, 0.29) is 19.1 Å². The molecular weight excluding hydrogens is 384 g/mol. The summed E-state index contributed by atoms with van der Waals surface area (Å²) in [6, 6.07) is 13.7. The minimum absolute atomic E-state index is 0.0559. The number of thiophene rings is 1. The van der Waals surface area contributed by atoms with Crippen molar-refractivity contribution in [1.29, 1.82) is 0 Å². The van der Waals surface area contributed by atoms with E-state index in [4.69, 9.17) is 4.74 Å². The van der Waals surface area contributed by atoms with Crippen LogP contribution in [0.5, 0.6) is 0 Å². The van der Waals surface area contributed by atoms with Crippen molar-refractivity contribution < 1.29 is 14.3 Å². The molecule has 0 aliphatic heterocycles. The number of esters is 1. The largest absolute Gasteiger partial charge is 0.460 e. The maximum absolute atomic E-state index is 12.3. The molecule has 150 valence electrons. The number of rotatable bonds is 8. The molecule has 1 N–H and O–H groups in total. The van der Waals surface area contributed by atoms with Gasteiger partial charge in [0.2, 0.25) is 5.91 Å². The van der Waals surface area contributed by atoms with Crippen molar-refractivity contribution >= 4 is 23.2 Å². The first-order chi connectivity index (χ1) is 14.0. The van der Waals surface area contributed by atoms with Gasteiger partial charge in [0.15, 0.2) is 0 Å². The van der Waals surface area contributed by atoms with Crippen LogP contribution < -0.4 is 5.32 Å². The molecule has 3 rings (SSSR count). The number of carbonyl (C=O) groups is 2. The second-order valence-electron chi connectivity index (χ2n) is 6.81. The van der Waals surface area contributed by atoms with Crippen molar-refractivity contribution in [3.63, 3.8) is 0 Å². The van der Waals surface area contributed by atoms with Gasteiger partial charge < -0.3 is 10.1 Å². The lowest BCUT2D eigenvalue weighted by molar-refractivity contribution is -0.121. The van der Waals surface area contributed by atoms with E-state index in [0.717, 1.165) is 16.8 Å². The average molecular weight is 409 g/mol. The van der Waals surface area contributed by atoms with Gasteiger partial charge in [-0.3, -0.25) is 9.78 Å². The Morgan fingerprint density at radius 3 is 2.55 bits per heavy atom. The molecule has 1 aromatic carbocycles. The Morgan fingerprint density at radius 2 is 1.86 bits per heavy atom. The highest BCUT2D eigenvalue weighted by Gasteiger charge is 2.13. The van der Waals surface area contributed by atoms with E-state index in [9.17, 15) is 9.59 Å². The van der Waals surface area contributed by atoms with E-state index in [1.165, 1.54) is 5.56 Å². The van der Waals surface area contributed by atoms with Crippen LogP contribution in [0.3, 0.4) is 0 Å². The fourth-order valence-corrected chi connectivity index (χ4v) is 3.51. The Bertz CT molecular complexity index is 966. The van der Waals surface area contributed by atoms with Crippen molar-refractivity contribution in [2.75, 3.05) is 13.2 Å². The second kappa shape index (κ2) is 9.98. The summed E-state index contributed by atoms with van der Waals surface area (Å²) in [5.41, 5.74) is 5.26. The minimum Gasteiger partial charge on any atom is -0.460 e. The molecule has 0 saturated carbocycles. The van der Waals surface area contributed by atoms with Crippen LogP contribution in [0, 0.1) is 13.8 Å². The summed E-state index contributed by atoms with van der Waals surface area (Å²) < 4.78 is 5.27. The molecule has 29 heavy (non-hydrogen) atoms. The van der Waals surface area contributed by atoms with Crippen LogP contribution in [0.2, 0.25) is 0 Å². The Hall–Kier alpha value is -2.99. The molecule has 0 bridgehead atoms. The first-order valence-corrected chi connectivity index (χ1v) is 10.5. The second-order valence-corrected chi connectivity index (χ2v) is 7.59. The number of carbonyl (C=O) groups excluding carboxylic acids is 2. The van der Waals surface area contributed by atoms with Gasteiger partial charge in [0.25, 0.3) is 0 Å². The fraction of sp³-hybridized carbons (Fsp3) is 0.261. The van der Waals surface area contributed by atoms with E-state index in [0.29, 0.717) is 24.1 Å². The maximum atomic E-state index is 12.3. The van der Waals surface area contributed by atoms with Crippen LogP contribution >= 0.6 is 11.3 Å². The number of amides is 1. The molecule has 2 aromatic heterocycles. The SMILES string of the molecule is Cc1ccc(CCC(=O)NCCOC(=O)c2ccc(-c3ccsc3)nc2C)cc1. The molecule has 0 unspecified atom stereocenters. The summed E-state index contributed by atoms with van der Waals surface area (Å²) in [6.45, 7) is 4.24. The molecule has 3 aromatic rings. The van der Waals surface area contributed by atoms with Crippen LogP contribution in [0.4, 0.5) is 0 Å². The Balaban J connectivity index is 1.40. The van der Waals surface area contributed by atoms with Crippen molar-refractivity contribution in [3.05, 3.63) is 75.6 Å². The molecule has 0 fully saturated rings. The molecule has 0 spiro atoms.